The Morgan fingerprint density at radius 1 is 0.579 bits per heavy atom. The topological polar surface area (TPSA) is 223 Å². The molecule has 0 bridgehead atoms. The fraction of sp³-hybridized carbons (Fsp3) is 0. The number of nitrogens with one attached hydrogen (secondary N) is 1. The zero-order valence-corrected chi connectivity index (χ0v) is 19.4. The van der Waals surface area contributed by atoms with E-state index in [-0.39, 0.29) is 39.7 Å². The molecule has 0 radical (unpaired) electrons. The van der Waals surface area contributed by atoms with Crippen molar-refractivity contribution in [2.45, 2.75) is 0 Å². The van der Waals surface area contributed by atoms with Crippen molar-refractivity contribution in [2.24, 2.45) is 4.99 Å². The molecule has 5 aromatic carbocycles. The van der Waals surface area contributed by atoms with Crippen LogP contribution in [0.25, 0.3) is 0 Å². The van der Waals surface area contributed by atoms with Crippen molar-refractivity contribution in [2.75, 3.05) is 11.1 Å². The summed E-state index contributed by atoms with van der Waals surface area (Å²) in [4.78, 5) is 35.9. The van der Waals surface area contributed by atoms with Crippen LogP contribution in [-0.2, 0) is 0 Å². The first kappa shape index (κ1) is 26.8. The van der Waals surface area contributed by atoms with Crippen molar-refractivity contribution in [1.82, 2.24) is 0 Å². The van der Waals surface area contributed by atoms with Gasteiger partial charge in [0.05, 0.1) is 11.4 Å². The number of nitrogens with zero attached hydrogens (tertiary/aromatic N) is 1. The third-order valence-electron chi connectivity index (χ3n) is 4.98. The van der Waals surface area contributed by atoms with Crippen LogP contribution in [0, 0.1) is 0 Å². The Morgan fingerprint density at radius 3 is 1.53 bits per heavy atom. The van der Waals surface area contributed by atoms with Crippen LogP contribution in [0.3, 0.4) is 0 Å². The Balaban J connectivity index is 0.000000203. The molecule has 12 nitrogen and oxygen atoms in total. The van der Waals surface area contributed by atoms with Gasteiger partial charge < -0.3 is 41.7 Å². The zero-order valence-electron chi connectivity index (χ0n) is 19.4. The lowest BCUT2D eigenvalue weighted by molar-refractivity contribution is 0.384. The standard InChI is InChI=1S/C16H12N2O4.C6H7NO.C4H2O4/c19-11-7-3-1-5-9(11)17-13-15(21)14(16(13)22)18-10-6-2-4-8-12(10)20;7-5-3-1-2-4-6(5)8;5-1-2(6)4(8)3(1)7/h1-8,17,19-21H;1-4,8H,7H2;5-6H. The van der Waals surface area contributed by atoms with Crippen LogP contribution in [0.2, 0.25) is 0 Å². The summed E-state index contributed by atoms with van der Waals surface area (Å²) in [5, 5.41) is 57.0. The third kappa shape index (κ3) is 5.71. The van der Waals surface area contributed by atoms with Gasteiger partial charge in [-0.2, -0.15) is 0 Å². The Labute approximate surface area is 213 Å². The normalized spacial score (nSPS) is 10.8. The maximum atomic E-state index is 12.0. The maximum absolute atomic E-state index is 12.0. The van der Waals surface area contributed by atoms with Crippen LogP contribution in [0.15, 0.2) is 92.2 Å². The number of nitrogens with two attached hydrogens (primary N) is 1. The number of nitrogen functional groups attached to an aromatic ring is 1. The molecule has 12 heteroatoms. The van der Waals surface area contributed by atoms with Crippen LogP contribution in [0.4, 0.5) is 22.7 Å². The Bertz CT molecular complexity index is 1690. The third-order valence-corrected chi connectivity index (χ3v) is 4.98. The van der Waals surface area contributed by atoms with Gasteiger partial charge in [0, 0.05) is 0 Å². The van der Waals surface area contributed by atoms with E-state index < -0.39 is 27.8 Å². The molecule has 5 aromatic rings. The molecule has 0 spiro atoms. The Kier molecular flexibility index (Phi) is 7.98. The van der Waals surface area contributed by atoms with E-state index in [9.17, 15) is 29.7 Å². The second-order valence-electron chi connectivity index (χ2n) is 7.56. The zero-order chi connectivity index (χ0) is 28.0. The summed E-state index contributed by atoms with van der Waals surface area (Å²) in [6, 6.07) is 19.3. The minimum absolute atomic E-state index is 0.0401. The number of aromatic hydroxyl groups is 6. The first-order chi connectivity index (χ1) is 18.0. The van der Waals surface area contributed by atoms with Crippen LogP contribution < -0.4 is 32.7 Å². The van der Waals surface area contributed by atoms with Gasteiger partial charge in [0.15, 0.2) is 11.1 Å². The molecule has 0 aromatic heterocycles. The molecule has 0 aliphatic rings. The molecule has 0 heterocycles. The van der Waals surface area contributed by atoms with Crippen molar-refractivity contribution < 1.29 is 30.6 Å². The summed E-state index contributed by atoms with van der Waals surface area (Å²) in [6.07, 6.45) is 0. The minimum atomic E-state index is -1.01. The fourth-order valence-corrected chi connectivity index (χ4v) is 2.86. The highest BCUT2D eigenvalue weighted by atomic mass is 16.3. The summed E-state index contributed by atoms with van der Waals surface area (Å²) >= 11 is 0. The predicted octanol–water partition coefficient (Wildman–Crippen LogP) is 1.68. The smallest absolute Gasteiger partial charge is 0.275 e. The van der Waals surface area contributed by atoms with Crippen molar-refractivity contribution in [3.8, 4) is 34.5 Å². The van der Waals surface area contributed by atoms with Gasteiger partial charge in [0.25, 0.3) is 10.9 Å². The molecule has 0 aliphatic heterocycles. The Morgan fingerprint density at radius 2 is 1.08 bits per heavy atom. The lowest BCUT2D eigenvalue weighted by atomic mass is 10.2. The number of anilines is 3. The van der Waals surface area contributed by atoms with Gasteiger partial charge in [0.2, 0.25) is 16.9 Å². The van der Waals surface area contributed by atoms with E-state index in [1.807, 2.05) is 0 Å². The largest absolute Gasteiger partial charge is 0.506 e. The number of benzene rings is 3. The quantitative estimate of drug-likeness (QED) is 0.0972. The minimum Gasteiger partial charge on any atom is -0.506 e. The van der Waals surface area contributed by atoms with E-state index in [2.05, 4.69) is 10.3 Å². The van der Waals surface area contributed by atoms with E-state index in [1.54, 1.807) is 54.6 Å². The number of para-hydroxylation sites is 6. The van der Waals surface area contributed by atoms with E-state index >= 15 is 0 Å². The molecule has 0 aliphatic carbocycles. The monoisotopic (exact) mass is 519 g/mol. The molecular formula is C26H21N3O9. The number of phenolic OH excluding ortho intramolecular Hbond substituents is 3. The van der Waals surface area contributed by atoms with E-state index in [0.29, 0.717) is 11.4 Å². The van der Waals surface area contributed by atoms with E-state index in [1.165, 1.54) is 18.2 Å². The highest BCUT2D eigenvalue weighted by Crippen LogP contribution is 2.29. The molecule has 9 N–H and O–H groups in total. The van der Waals surface area contributed by atoms with Gasteiger partial charge in [-0.25, -0.2) is 4.99 Å². The van der Waals surface area contributed by atoms with E-state index in [0.717, 1.165) is 0 Å². The Hall–Kier alpha value is -5.78. The summed E-state index contributed by atoms with van der Waals surface area (Å²) < 4.78 is 0. The van der Waals surface area contributed by atoms with Crippen molar-refractivity contribution >= 4 is 22.7 Å². The van der Waals surface area contributed by atoms with Gasteiger partial charge in [-0.1, -0.05) is 36.4 Å². The van der Waals surface area contributed by atoms with Gasteiger partial charge in [-0.15, -0.1) is 0 Å². The predicted molar refractivity (Wildman–Crippen MR) is 139 cm³/mol. The molecule has 5 rings (SSSR count). The first-order valence-corrected chi connectivity index (χ1v) is 10.7. The molecular weight excluding hydrogens is 498 g/mol. The van der Waals surface area contributed by atoms with Gasteiger partial charge in [-0.3, -0.25) is 14.4 Å². The van der Waals surface area contributed by atoms with Crippen LogP contribution in [-0.4, -0.2) is 30.6 Å². The fourth-order valence-electron chi connectivity index (χ4n) is 2.86. The second kappa shape index (κ2) is 11.3. The molecule has 194 valence electrons. The number of phenols is 3. The molecule has 0 saturated carbocycles. The molecule has 0 unspecified atom stereocenters. The van der Waals surface area contributed by atoms with E-state index in [4.69, 9.17) is 21.1 Å². The maximum Gasteiger partial charge on any atom is 0.275 e. The lowest BCUT2D eigenvalue weighted by Gasteiger charge is -2.12. The van der Waals surface area contributed by atoms with Gasteiger partial charge in [-0.05, 0) is 36.4 Å². The lowest BCUT2D eigenvalue weighted by Crippen LogP contribution is -2.33. The molecule has 0 saturated heterocycles. The van der Waals surface area contributed by atoms with Crippen LogP contribution >= 0.6 is 0 Å². The number of hydrogen-bond donors (Lipinski definition) is 8. The average molecular weight is 519 g/mol. The first-order valence-electron chi connectivity index (χ1n) is 10.7. The summed E-state index contributed by atoms with van der Waals surface area (Å²) in [7, 11) is 0. The molecule has 38 heavy (non-hydrogen) atoms. The van der Waals surface area contributed by atoms with Gasteiger partial charge in [0.1, 0.15) is 28.6 Å². The molecule has 0 amide bonds. The summed E-state index contributed by atoms with van der Waals surface area (Å²) in [6.45, 7) is 0. The number of hydrogen-bond acceptors (Lipinski definition) is 12. The van der Waals surface area contributed by atoms with Crippen LogP contribution in [0.1, 0.15) is 0 Å². The van der Waals surface area contributed by atoms with Crippen molar-refractivity contribution in [3.05, 3.63) is 109 Å². The molecule has 0 fully saturated rings. The van der Waals surface area contributed by atoms with Crippen molar-refractivity contribution in [3.63, 3.8) is 0 Å². The SMILES string of the molecule is Nc1ccccc1O.O=c1c(Nc2ccccc2O)c(O)c1=Nc1ccccc1O.O=c1c(O)c(O)c1=O. The molecule has 0 atom stereocenters. The summed E-state index contributed by atoms with van der Waals surface area (Å²) in [5.74, 6) is -1.94. The van der Waals surface area contributed by atoms with Crippen LogP contribution in [0.5, 0.6) is 34.5 Å². The van der Waals surface area contributed by atoms with Gasteiger partial charge >= 0.3 is 0 Å². The second-order valence-corrected chi connectivity index (χ2v) is 7.56. The highest BCUT2D eigenvalue weighted by molar-refractivity contribution is 5.72. The highest BCUT2D eigenvalue weighted by Gasteiger charge is 2.20. The summed E-state index contributed by atoms with van der Waals surface area (Å²) in [5.41, 5.74) is 3.63. The number of rotatable bonds is 3. The average Bonchev–Trinajstić information content (AvgIpc) is 2.93. The van der Waals surface area contributed by atoms with Crippen molar-refractivity contribution in [1.29, 1.82) is 0 Å².